The third kappa shape index (κ3) is 3.47. The van der Waals surface area contributed by atoms with Crippen LogP contribution in [0.3, 0.4) is 0 Å². The number of nitrogens with zero attached hydrogens (tertiary/aromatic N) is 4. The lowest BCUT2D eigenvalue weighted by Gasteiger charge is -2.26. The molecule has 1 aliphatic rings. The molecule has 0 fully saturated rings. The van der Waals surface area contributed by atoms with Crippen LogP contribution in [0.1, 0.15) is 42.5 Å². The maximum Gasteiger partial charge on any atom is 0.243 e. The van der Waals surface area contributed by atoms with E-state index in [9.17, 15) is 8.42 Å². The maximum atomic E-state index is 13.2. The monoisotopic (exact) mass is 396 g/mol. The third-order valence-electron chi connectivity index (χ3n) is 5.60. The first-order valence-electron chi connectivity index (χ1n) is 9.51. The highest BCUT2D eigenvalue weighted by Gasteiger charge is 2.27. The molecule has 0 saturated heterocycles. The minimum absolute atomic E-state index is 0.286. The van der Waals surface area contributed by atoms with E-state index >= 15 is 0 Å². The molecule has 1 aromatic heterocycles. The molecule has 146 valence electrons. The van der Waals surface area contributed by atoms with Gasteiger partial charge in [-0.25, -0.2) is 18.1 Å². The molecule has 0 unspecified atom stereocenters. The van der Waals surface area contributed by atoms with Gasteiger partial charge in [0.25, 0.3) is 0 Å². The SMILES string of the molecule is C[C@@H](c1ccc(-n2cncn2)cc1)N(C)S(=O)(=O)c1ccc2c(c1)CCCC2. The molecule has 3 aromatic rings. The number of benzene rings is 2. The molecule has 6 nitrogen and oxygen atoms in total. The molecular weight excluding hydrogens is 372 g/mol. The predicted octanol–water partition coefficient (Wildman–Crippen LogP) is 3.53. The largest absolute Gasteiger partial charge is 0.243 e. The fourth-order valence-corrected chi connectivity index (χ4v) is 5.10. The summed E-state index contributed by atoms with van der Waals surface area (Å²) < 4.78 is 29.5. The van der Waals surface area contributed by atoms with Crippen molar-refractivity contribution >= 4 is 10.0 Å². The van der Waals surface area contributed by atoms with E-state index in [0.29, 0.717) is 4.90 Å². The molecular formula is C21H24N4O2S. The van der Waals surface area contributed by atoms with Crippen LogP contribution in [0.25, 0.3) is 5.69 Å². The molecule has 0 bridgehead atoms. The van der Waals surface area contributed by atoms with Crippen LogP contribution < -0.4 is 0 Å². The van der Waals surface area contributed by atoms with Crippen LogP contribution in [0.4, 0.5) is 0 Å². The molecule has 7 heteroatoms. The lowest BCUT2D eigenvalue weighted by Crippen LogP contribution is -2.30. The van der Waals surface area contributed by atoms with Gasteiger partial charge in [0.05, 0.1) is 10.6 Å². The van der Waals surface area contributed by atoms with Gasteiger partial charge < -0.3 is 0 Å². The molecule has 0 spiro atoms. The topological polar surface area (TPSA) is 68.1 Å². The van der Waals surface area contributed by atoms with Crippen molar-refractivity contribution in [2.24, 2.45) is 0 Å². The van der Waals surface area contributed by atoms with Crippen LogP contribution in [-0.4, -0.2) is 34.5 Å². The quantitative estimate of drug-likeness (QED) is 0.662. The number of rotatable bonds is 5. The summed E-state index contributed by atoms with van der Waals surface area (Å²) in [4.78, 5) is 4.32. The van der Waals surface area contributed by atoms with E-state index in [1.807, 2.05) is 43.3 Å². The highest BCUT2D eigenvalue weighted by Crippen LogP contribution is 2.29. The standard InChI is InChI=1S/C21H24N4O2S/c1-16(17-7-10-20(11-8-17)25-15-22-14-23-25)24(2)28(26,27)21-12-9-18-5-3-4-6-19(18)13-21/h7-16H,3-6H2,1-2H3/t16-/m0/s1. The Morgan fingerprint density at radius 2 is 1.75 bits per heavy atom. The van der Waals surface area contributed by atoms with E-state index in [4.69, 9.17) is 0 Å². The lowest BCUT2D eigenvalue weighted by molar-refractivity contribution is 0.398. The molecule has 4 rings (SSSR count). The Morgan fingerprint density at radius 3 is 2.43 bits per heavy atom. The Bertz CT molecular complexity index is 1060. The Hall–Kier alpha value is -2.51. The zero-order valence-corrected chi connectivity index (χ0v) is 16.9. The van der Waals surface area contributed by atoms with E-state index in [1.165, 1.54) is 28.2 Å². The number of sulfonamides is 1. The van der Waals surface area contributed by atoms with Crippen molar-refractivity contribution < 1.29 is 8.42 Å². The first kappa shape index (κ1) is 18.8. The van der Waals surface area contributed by atoms with Gasteiger partial charge >= 0.3 is 0 Å². The van der Waals surface area contributed by atoms with Crippen molar-refractivity contribution in [2.75, 3.05) is 7.05 Å². The number of aryl methyl sites for hydroxylation is 2. The number of hydrogen-bond acceptors (Lipinski definition) is 4. The first-order chi connectivity index (χ1) is 13.5. The first-order valence-corrected chi connectivity index (χ1v) is 11.0. The molecule has 0 aliphatic heterocycles. The second-order valence-corrected chi connectivity index (χ2v) is 9.26. The van der Waals surface area contributed by atoms with Crippen LogP contribution >= 0.6 is 0 Å². The highest BCUT2D eigenvalue weighted by molar-refractivity contribution is 7.89. The van der Waals surface area contributed by atoms with Gasteiger partial charge in [0.2, 0.25) is 10.0 Å². The van der Waals surface area contributed by atoms with Crippen molar-refractivity contribution in [1.82, 2.24) is 19.1 Å². The van der Waals surface area contributed by atoms with Gasteiger partial charge in [-0.15, -0.1) is 0 Å². The van der Waals surface area contributed by atoms with Crippen molar-refractivity contribution in [2.45, 2.75) is 43.5 Å². The van der Waals surface area contributed by atoms with E-state index in [2.05, 4.69) is 10.1 Å². The third-order valence-corrected chi connectivity index (χ3v) is 7.53. The van der Waals surface area contributed by atoms with Crippen molar-refractivity contribution in [3.63, 3.8) is 0 Å². The summed E-state index contributed by atoms with van der Waals surface area (Å²) in [7, 11) is -1.92. The molecule has 1 atom stereocenters. The van der Waals surface area contributed by atoms with E-state index in [1.54, 1.807) is 24.1 Å². The average molecular weight is 397 g/mol. The average Bonchev–Trinajstić information content (AvgIpc) is 3.27. The van der Waals surface area contributed by atoms with Gasteiger partial charge in [-0.1, -0.05) is 18.2 Å². The van der Waals surface area contributed by atoms with Gasteiger partial charge in [-0.2, -0.15) is 9.40 Å². The Morgan fingerprint density at radius 1 is 1.04 bits per heavy atom. The van der Waals surface area contributed by atoms with Crippen LogP contribution in [0.2, 0.25) is 0 Å². The molecule has 2 aromatic carbocycles. The summed E-state index contributed by atoms with van der Waals surface area (Å²) in [5.41, 5.74) is 4.26. The minimum Gasteiger partial charge on any atom is -0.223 e. The second kappa shape index (κ2) is 7.48. The van der Waals surface area contributed by atoms with Crippen molar-refractivity contribution in [3.8, 4) is 5.69 Å². The van der Waals surface area contributed by atoms with Crippen LogP contribution in [0.15, 0.2) is 60.0 Å². The van der Waals surface area contributed by atoms with Crippen LogP contribution in [0.5, 0.6) is 0 Å². The Kier molecular flexibility index (Phi) is 5.03. The summed E-state index contributed by atoms with van der Waals surface area (Å²) in [5, 5.41) is 4.11. The minimum atomic E-state index is -3.57. The van der Waals surface area contributed by atoms with Gasteiger partial charge in [-0.05, 0) is 73.6 Å². The summed E-state index contributed by atoms with van der Waals surface area (Å²) in [6.45, 7) is 1.90. The number of fused-ring (bicyclic) bond motifs is 1. The Balaban J connectivity index is 1.58. The van der Waals surface area contributed by atoms with Gasteiger partial charge in [0.1, 0.15) is 12.7 Å². The molecule has 1 aliphatic carbocycles. The zero-order chi connectivity index (χ0) is 19.7. The highest BCUT2D eigenvalue weighted by atomic mass is 32.2. The van der Waals surface area contributed by atoms with Gasteiger partial charge in [0.15, 0.2) is 0 Å². The molecule has 0 amide bonds. The fraction of sp³-hybridized carbons (Fsp3) is 0.333. The van der Waals surface area contributed by atoms with Crippen LogP contribution in [-0.2, 0) is 22.9 Å². The molecule has 0 radical (unpaired) electrons. The lowest BCUT2D eigenvalue weighted by atomic mass is 9.92. The molecule has 1 heterocycles. The normalized spacial score (nSPS) is 15.4. The molecule has 28 heavy (non-hydrogen) atoms. The summed E-state index contributed by atoms with van der Waals surface area (Å²) in [5.74, 6) is 0. The summed E-state index contributed by atoms with van der Waals surface area (Å²) in [6, 6.07) is 13.0. The van der Waals surface area contributed by atoms with E-state index in [-0.39, 0.29) is 6.04 Å². The number of aromatic nitrogens is 3. The Labute approximate surface area is 165 Å². The van der Waals surface area contributed by atoms with Crippen molar-refractivity contribution in [1.29, 1.82) is 0 Å². The number of hydrogen-bond donors (Lipinski definition) is 0. The molecule has 0 N–H and O–H groups in total. The van der Waals surface area contributed by atoms with Crippen molar-refractivity contribution in [3.05, 3.63) is 71.8 Å². The molecule has 0 saturated carbocycles. The summed E-state index contributed by atoms with van der Waals surface area (Å²) >= 11 is 0. The van der Waals surface area contributed by atoms with Crippen LogP contribution in [0, 0.1) is 0 Å². The summed E-state index contributed by atoms with van der Waals surface area (Å²) in [6.07, 6.45) is 7.42. The van der Waals surface area contributed by atoms with E-state index in [0.717, 1.165) is 30.5 Å². The smallest absolute Gasteiger partial charge is 0.223 e. The van der Waals surface area contributed by atoms with Gasteiger partial charge in [-0.3, -0.25) is 0 Å². The van der Waals surface area contributed by atoms with Gasteiger partial charge in [0, 0.05) is 13.1 Å². The van der Waals surface area contributed by atoms with E-state index < -0.39 is 10.0 Å². The fourth-order valence-electron chi connectivity index (χ4n) is 3.70. The maximum absolute atomic E-state index is 13.2. The zero-order valence-electron chi connectivity index (χ0n) is 16.1. The second-order valence-electron chi connectivity index (χ2n) is 7.27. The predicted molar refractivity (Wildman–Crippen MR) is 108 cm³/mol.